The topological polar surface area (TPSA) is 60.7 Å². The van der Waals surface area contributed by atoms with Gasteiger partial charge in [0.15, 0.2) is 0 Å². The monoisotopic (exact) mass is 303 g/mol. The fraction of sp³-hybridized carbons (Fsp3) is 0.353. The van der Waals surface area contributed by atoms with Crippen LogP contribution in [0.2, 0.25) is 0 Å². The lowest BCUT2D eigenvalue weighted by molar-refractivity contribution is 0.0938. The zero-order chi connectivity index (χ0) is 16.3. The van der Waals surface area contributed by atoms with Gasteiger partial charge in [-0.2, -0.15) is 0 Å². The molecular weight excluding hydrogens is 282 g/mol. The quantitative estimate of drug-likeness (QED) is 0.919. The summed E-state index contributed by atoms with van der Waals surface area (Å²) in [5, 5.41) is 2.96. The fourth-order valence-electron chi connectivity index (χ4n) is 2.39. The Bertz CT molecular complexity index is 675. The fourth-order valence-corrected chi connectivity index (χ4v) is 2.39. The summed E-state index contributed by atoms with van der Waals surface area (Å²) in [4.78, 5) is 12.4. The summed E-state index contributed by atoms with van der Waals surface area (Å²) in [7, 11) is 3.20. The zero-order valence-corrected chi connectivity index (χ0v) is 13.5. The number of hydrogen-bond acceptors (Lipinski definition) is 4. The van der Waals surface area contributed by atoms with Crippen molar-refractivity contribution in [2.45, 2.75) is 26.8 Å². The molecule has 0 bridgehead atoms. The number of benzene rings is 1. The van der Waals surface area contributed by atoms with Gasteiger partial charge >= 0.3 is 0 Å². The molecule has 1 atom stereocenters. The first-order valence-electron chi connectivity index (χ1n) is 7.06. The molecule has 2 aromatic rings. The first-order chi connectivity index (χ1) is 10.5. The van der Waals surface area contributed by atoms with Crippen molar-refractivity contribution in [1.29, 1.82) is 0 Å². The molecule has 0 saturated heterocycles. The van der Waals surface area contributed by atoms with Gasteiger partial charge in [0.05, 0.1) is 25.8 Å². The van der Waals surface area contributed by atoms with E-state index in [1.54, 1.807) is 27.2 Å². The zero-order valence-electron chi connectivity index (χ0n) is 13.5. The van der Waals surface area contributed by atoms with Crippen LogP contribution in [0.4, 0.5) is 0 Å². The first kappa shape index (κ1) is 15.9. The number of carbonyl (C=O) groups is 1. The average molecular weight is 303 g/mol. The standard InChI is InChI=1S/C17H21NO4/c1-10-8-15(12(3)22-10)17(19)18-11(2)14-9-13(20-4)6-7-16(14)21-5/h6-9,11H,1-5H3,(H,18,19)/t11-/m1/s1. The van der Waals surface area contributed by atoms with Gasteiger partial charge in [-0.25, -0.2) is 0 Å². The van der Waals surface area contributed by atoms with Crippen LogP contribution in [0.1, 0.15) is 40.4 Å². The Morgan fingerprint density at radius 2 is 1.91 bits per heavy atom. The maximum Gasteiger partial charge on any atom is 0.255 e. The molecule has 1 aromatic heterocycles. The molecule has 1 heterocycles. The molecule has 0 spiro atoms. The predicted octanol–water partition coefficient (Wildman–Crippen LogP) is 3.40. The molecule has 1 aromatic carbocycles. The molecule has 0 aliphatic heterocycles. The van der Waals surface area contributed by atoms with Crippen LogP contribution in [0.3, 0.4) is 0 Å². The van der Waals surface area contributed by atoms with Gasteiger partial charge in [0.1, 0.15) is 23.0 Å². The lowest BCUT2D eigenvalue weighted by atomic mass is 10.1. The van der Waals surface area contributed by atoms with Gasteiger partial charge in [0.2, 0.25) is 0 Å². The Balaban J connectivity index is 2.23. The van der Waals surface area contributed by atoms with Crippen molar-refractivity contribution < 1.29 is 18.7 Å². The van der Waals surface area contributed by atoms with E-state index in [1.165, 1.54) is 0 Å². The Morgan fingerprint density at radius 1 is 1.18 bits per heavy atom. The minimum absolute atomic E-state index is 0.174. The Morgan fingerprint density at radius 3 is 2.45 bits per heavy atom. The molecule has 0 saturated carbocycles. The van der Waals surface area contributed by atoms with Crippen molar-refractivity contribution in [2.75, 3.05) is 14.2 Å². The minimum atomic E-state index is -0.229. The number of nitrogens with one attached hydrogen (secondary N) is 1. The molecule has 5 nitrogen and oxygen atoms in total. The molecule has 5 heteroatoms. The predicted molar refractivity (Wildman–Crippen MR) is 83.6 cm³/mol. The number of furan rings is 1. The van der Waals surface area contributed by atoms with Gasteiger partial charge in [0.25, 0.3) is 5.91 Å². The Kier molecular flexibility index (Phi) is 4.75. The smallest absolute Gasteiger partial charge is 0.255 e. The van der Waals surface area contributed by atoms with Crippen molar-refractivity contribution in [3.63, 3.8) is 0 Å². The SMILES string of the molecule is COc1ccc(OC)c([C@@H](C)NC(=O)c2cc(C)oc2C)c1. The number of rotatable bonds is 5. The van der Waals surface area contributed by atoms with Gasteiger partial charge in [-0.15, -0.1) is 0 Å². The van der Waals surface area contributed by atoms with E-state index in [1.807, 2.05) is 32.0 Å². The lowest BCUT2D eigenvalue weighted by Gasteiger charge is -2.18. The molecule has 0 unspecified atom stereocenters. The second-order valence-electron chi connectivity index (χ2n) is 5.13. The molecule has 0 fully saturated rings. The summed E-state index contributed by atoms with van der Waals surface area (Å²) >= 11 is 0. The van der Waals surface area contributed by atoms with Crippen molar-refractivity contribution in [1.82, 2.24) is 5.32 Å². The molecular formula is C17H21NO4. The highest BCUT2D eigenvalue weighted by Crippen LogP contribution is 2.29. The number of hydrogen-bond donors (Lipinski definition) is 1. The number of methoxy groups -OCH3 is 2. The van der Waals surface area contributed by atoms with E-state index in [-0.39, 0.29) is 11.9 Å². The van der Waals surface area contributed by atoms with E-state index in [0.717, 1.165) is 5.56 Å². The maximum atomic E-state index is 12.4. The molecule has 22 heavy (non-hydrogen) atoms. The summed E-state index contributed by atoms with van der Waals surface area (Å²) in [5.41, 5.74) is 1.40. The molecule has 1 N–H and O–H groups in total. The van der Waals surface area contributed by atoms with E-state index in [9.17, 15) is 4.79 Å². The highest BCUT2D eigenvalue weighted by Gasteiger charge is 2.19. The molecule has 1 amide bonds. The van der Waals surface area contributed by atoms with Crippen molar-refractivity contribution >= 4 is 5.91 Å². The van der Waals surface area contributed by atoms with Crippen molar-refractivity contribution in [3.05, 3.63) is 46.9 Å². The number of ether oxygens (including phenoxy) is 2. The third-order valence-corrected chi connectivity index (χ3v) is 3.54. The van der Waals surface area contributed by atoms with Crippen LogP contribution in [0.5, 0.6) is 11.5 Å². The second kappa shape index (κ2) is 6.56. The van der Waals surface area contributed by atoms with E-state index < -0.39 is 0 Å². The third-order valence-electron chi connectivity index (χ3n) is 3.54. The van der Waals surface area contributed by atoms with Gasteiger partial charge in [0, 0.05) is 5.56 Å². The van der Waals surface area contributed by atoms with Crippen LogP contribution in [0.25, 0.3) is 0 Å². The largest absolute Gasteiger partial charge is 0.497 e. The van der Waals surface area contributed by atoms with Gasteiger partial charge in [-0.05, 0) is 45.0 Å². The average Bonchev–Trinajstić information content (AvgIpc) is 2.85. The summed E-state index contributed by atoms with van der Waals surface area (Å²) in [5.74, 6) is 2.57. The minimum Gasteiger partial charge on any atom is -0.497 e. The third kappa shape index (κ3) is 3.24. The highest BCUT2D eigenvalue weighted by atomic mass is 16.5. The van der Waals surface area contributed by atoms with E-state index in [2.05, 4.69) is 5.32 Å². The molecule has 0 aliphatic carbocycles. The summed E-state index contributed by atoms with van der Waals surface area (Å²) < 4.78 is 16.0. The first-order valence-corrected chi connectivity index (χ1v) is 7.06. The number of carbonyl (C=O) groups excluding carboxylic acids is 1. The summed E-state index contributed by atoms with van der Waals surface area (Å²) in [6, 6.07) is 7.01. The lowest BCUT2D eigenvalue weighted by Crippen LogP contribution is -2.27. The number of aryl methyl sites for hydroxylation is 2. The Hall–Kier alpha value is -2.43. The molecule has 0 aliphatic rings. The van der Waals surface area contributed by atoms with Gasteiger partial charge in [-0.3, -0.25) is 4.79 Å². The number of amides is 1. The van der Waals surface area contributed by atoms with Gasteiger partial charge < -0.3 is 19.2 Å². The summed E-state index contributed by atoms with van der Waals surface area (Å²) in [6.07, 6.45) is 0. The molecule has 118 valence electrons. The van der Waals surface area contributed by atoms with Crippen LogP contribution in [0.15, 0.2) is 28.7 Å². The molecule has 2 rings (SSSR count). The van der Waals surface area contributed by atoms with Crippen LogP contribution in [-0.2, 0) is 0 Å². The summed E-state index contributed by atoms with van der Waals surface area (Å²) in [6.45, 7) is 5.49. The normalized spacial score (nSPS) is 11.9. The maximum absolute atomic E-state index is 12.4. The van der Waals surface area contributed by atoms with Crippen LogP contribution in [-0.4, -0.2) is 20.1 Å². The van der Waals surface area contributed by atoms with Gasteiger partial charge in [-0.1, -0.05) is 0 Å². The van der Waals surface area contributed by atoms with E-state index >= 15 is 0 Å². The van der Waals surface area contributed by atoms with Crippen LogP contribution >= 0.6 is 0 Å². The molecule has 0 radical (unpaired) electrons. The van der Waals surface area contributed by atoms with Crippen LogP contribution < -0.4 is 14.8 Å². The Labute approximate surface area is 130 Å². The highest BCUT2D eigenvalue weighted by molar-refractivity contribution is 5.95. The van der Waals surface area contributed by atoms with Crippen LogP contribution in [0, 0.1) is 13.8 Å². The second-order valence-corrected chi connectivity index (χ2v) is 5.13. The van der Waals surface area contributed by atoms with E-state index in [0.29, 0.717) is 28.6 Å². The van der Waals surface area contributed by atoms with Crippen molar-refractivity contribution in [2.24, 2.45) is 0 Å². The van der Waals surface area contributed by atoms with Crippen molar-refractivity contribution in [3.8, 4) is 11.5 Å². The van der Waals surface area contributed by atoms with E-state index in [4.69, 9.17) is 13.9 Å².